The van der Waals surface area contributed by atoms with Gasteiger partial charge in [0.15, 0.2) is 0 Å². The molecule has 1 amide bonds. The highest BCUT2D eigenvalue weighted by Gasteiger charge is 2.17. The van der Waals surface area contributed by atoms with Gasteiger partial charge in [-0.05, 0) is 43.2 Å². The van der Waals surface area contributed by atoms with E-state index >= 15 is 0 Å². The maximum Gasteiger partial charge on any atom is 0.256 e. The molecule has 0 aliphatic rings. The lowest BCUT2D eigenvalue weighted by Gasteiger charge is -2.19. The van der Waals surface area contributed by atoms with Crippen molar-refractivity contribution in [2.75, 3.05) is 12.8 Å². The van der Waals surface area contributed by atoms with Crippen LogP contribution >= 0.6 is 0 Å². The van der Waals surface area contributed by atoms with Crippen LogP contribution in [0.1, 0.15) is 27.0 Å². The quantitative estimate of drug-likeness (QED) is 0.880. The molecule has 0 aliphatic carbocycles. The third kappa shape index (κ3) is 3.40. The molecule has 0 spiro atoms. The van der Waals surface area contributed by atoms with Gasteiger partial charge >= 0.3 is 0 Å². The molecule has 21 heavy (non-hydrogen) atoms. The molecule has 0 saturated carbocycles. The Hall–Kier alpha value is -2.36. The fourth-order valence-corrected chi connectivity index (χ4v) is 2.26. The predicted octanol–water partition coefficient (Wildman–Crippen LogP) is 3.30. The van der Waals surface area contributed by atoms with Gasteiger partial charge in [-0.15, -0.1) is 0 Å². The van der Waals surface area contributed by atoms with Gasteiger partial charge in [0.25, 0.3) is 5.91 Å². The summed E-state index contributed by atoms with van der Waals surface area (Å²) in [5.41, 5.74) is 9.18. The summed E-state index contributed by atoms with van der Waals surface area (Å²) in [7, 11) is 1.66. The number of anilines is 1. The molecule has 3 nitrogen and oxygen atoms in total. The number of rotatable bonds is 3. The molecular formula is C17H19FN2O. The van der Waals surface area contributed by atoms with E-state index in [0.29, 0.717) is 12.2 Å². The molecule has 0 atom stereocenters. The Morgan fingerprint density at radius 1 is 1.19 bits per heavy atom. The number of carbonyl (C=O) groups excluding carboxylic acids is 1. The highest BCUT2D eigenvalue weighted by molar-refractivity contribution is 5.94. The van der Waals surface area contributed by atoms with E-state index < -0.39 is 5.82 Å². The van der Waals surface area contributed by atoms with Gasteiger partial charge in [-0.25, -0.2) is 4.39 Å². The second-order valence-electron chi connectivity index (χ2n) is 5.33. The molecule has 4 heteroatoms. The van der Waals surface area contributed by atoms with Crippen LogP contribution in [0.3, 0.4) is 0 Å². The van der Waals surface area contributed by atoms with E-state index in [4.69, 9.17) is 5.73 Å². The average molecular weight is 286 g/mol. The molecule has 2 aromatic rings. The molecule has 0 aliphatic heterocycles. The number of nitrogen functional groups attached to an aromatic ring is 1. The van der Waals surface area contributed by atoms with Crippen molar-refractivity contribution >= 4 is 11.6 Å². The first kappa shape index (κ1) is 15.0. The Bertz CT molecular complexity index is 682. The lowest BCUT2D eigenvalue weighted by Crippen LogP contribution is -2.27. The van der Waals surface area contributed by atoms with Crippen molar-refractivity contribution in [3.8, 4) is 0 Å². The Morgan fingerprint density at radius 2 is 1.90 bits per heavy atom. The number of nitrogens with two attached hydrogens (primary N) is 1. The van der Waals surface area contributed by atoms with E-state index in [1.165, 1.54) is 22.6 Å². The summed E-state index contributed by atoms with van der Waals surface area (Å²) in [5, 5.41) is 0. The summed E-state index contributed by atoms with van der Waals surface area (Å²) in [4.78, 5) is 13.8. The lowest BCUT2D eigenvalue weighted by molar-refractivity contribution is 0.0780. The van der Waals surface area contributed by atoms with Crippen molar-refractivity contribution in [3.05, 3.63) is 64.5 Å². The summed E-state index contributed by atoms with van der Waals surface area (Å²) >= 11 is 0. The standard InChI is InChI=1S/C17H19FN2O/c1-11-4-5-13(12(2)8-11)10-20(3)17(21)15-7-6-14(19)9-16(15)18/h4-9H,10,19H2,1-3H3. The maximum absolute atomic E-state index is 13.8. The molecule has 0 aromatic heterocycles. The van der Waals surface area contributed by atoms with Crippen molar-refractivity contribution in [3.63, 3.8) is 0 Å². The average Bonchev–Trinajstić information content (AvgIpc) is 2.41. The third-order valence-corrected chi connectivity index (χ3v) is 3.48. The van der Waals surface area contributed by atoms with Gasteiger partial charge in [0.1, 0.15) is 5.82 Å². The molecule has 0 bridgehead atoms. The number of nitrogens with zero attached hydrogens (tertiary/aromatic N) is 1. The van der Waals surface area contributed by atoms with Crippen LogP contribution in [-0.4, -0.2) is 17.9 Å². The Labute approximate surface area is 124 Å². The first-order valence-corrected chi connectivity index (χ1v) is 6.75. The van der Waals surface area contributed by atoms with Gasteiger partial charge in [0, 0.05) is 19.3 Å². The molecule has 0 heterocycles. The highest BCUT2D eigenvalue weighted by Crippen LogP contribution is 2.17. The smallest absolute Gasteiger partial charge is 0.256 e. The zero-order valence-electron chi connectivity index (χ0n) is 12.5. The number of carbonyl (C=O) groups is 1. The fourth-order valence-electron chi connectivity index (χ4n) is 2.26. The minimum absolute atomic E-state index is 0.0384. The SMILES string of the molecule is Cc1ccc(CN(C)C(=O)c2ccc(N)cc2F)c(C)c1. The molecule has 110 valence electrons. The molecular weight excluding hydrogens is 267 g/mol. The monoisotopic (exact) mass is 286 g/mol. The highest BCUT2D eigenvalue weighted by atomic mass is 19.1. The van der Waals surface area contributed by atoms with E-state index in [9.17, 15) is 9.18 Å². The Balaban J connectivity index is 2.19. The van der Waals surface area contributed by atoms with Crippen molar-refractivity contribution < 1.29 is 9.18 Å². The van der Waals surface area contributed by atoms with Gasteiger partial charge in [-0.1, -0.05) is 23.8 Å². The zero-order chi connectivity index (χ0) is 15.6. The van der Waals surface area contributed by atoms with Gasteiger partial charge in [0.2, 0.25) is 0 Å². The van der Waals surface area contributed by atoms with E-state index in [-0.39, 0.29) is 11.5 Å². The van der Waals surface area contributed by atoms with Crippen LogP contribution in [0.15, 0.2) is 36.4 Å². The van der Waals surface area contributed by atoms with Crippen molar-refractivity contribution in [1.82, 2.24) is 4.90 Å². The topological polar surface area (TPSA) is 46.3 Å². The lowest BCUT2D eigenvalue weighted by atomic mass is 10.0. The molecule has 0 fully saturated rings. The van der Waals surface area contributed by atoms with Gasteiger partial charge in [-0.3, -0.25) is 4.79 Å². The Kier molecular flexibility index (Phi) is 4.26. The van der Waals surface area contributed by atoms with Gasteiger partial charge in [0.05, 0.1) is 5.56 Å². The van der Waals surface area contributed by atoms with Crippen molar-refractivity contribution in [2.45, 2.75) is 20.4 Å². The van der Waals surface area contributed by atoms with Crippen LogP contribution in [0.2, 0.25) is 0 Å². The van der Waals surface area contributed by atoms with Crippen molar-refractivity contribution in [1.29, 1.82) is 0 Å². The number of aryl methyl sites for hydroxylation is 2. The fraction of sp³-hybridized carbons (Fsp3) is 0.235. The summed E-state index contributed by atoms with van der Waals surface area (Å²) in [6.45, 7) is 4.47. The van der Waals surface area contributed by atoms with Crippen molar-refractivity contribution in [2.24, 2.45) is 0 Å². The second-order valence-corrected chi connectivity index (χ2v) is 5.33. The number of hydrogen-bond donors (Lipinski definition) is 1. The van der Waals surface area contributed by atoms with Crippen LogP contribution in [-0.2, 0) is 6.54 Å². The first-order valence-electron chi connectivity index (χ1n) is 6.75. The van der Waals surface area contributed by atoms with E-state index in [0.717, 1.165) is 17.2 Å². The molecule has 2 rings (SSSR count). The van der Waals surface area contributed by atoms with E-state index in [1.807, 2.05) is 26.0 Å². The van der Waals surface area contributed by atoms with Gasteiger partial charge < -0.3 is 10.6 Å². The van der Waals surface area contributed by atoms with Crippen LogP contribution < -0.4 is 5.73 Å². The maximum atomic E-state index is 13.8. The summed E-state index contributed by atoms with van der Waals surface area (Å²) < 4.78 is 13.8. The summed E-state index contributed by atoms with van der Waals surface area (Å²) in [6.07, 6.45) is 0. The number of hydrogen-bond acceptors (Lipinski definition) is 2. The predicted molar refractivity (Wildman–Crippen MR) is 82.5 cm³/mol. The number of amides is 1. The van der Waals surface area contributed by atoms with Crippen LogP contribution in [0, 0.1) is 19.7 Å². The minimum atomic E-state index is -0.590. The second kappa shape index (κ2) is 5.95. The normalized spacial score (nSPS) is 10.5. The largest absolute Gasteiger partial charge is 0.399 e. The van der Waals surface area contributed by atoms with E-state index in [2.05, 4.69) is 6.07 Å². The molecule has 0 radical (unpaired) electrons. The molecule has 2 N–H and O–H groups in total. The number of benzene rings is 2. The summed E-state index contributed by atoms with van der Waals surface area (Å²) in [5.74, 6) is -0.944. The van der Waals surface area contributed by atoms with Crippen LogP contribution in [0.25, 0.3) is 0 Å². The molecule has 0 unspecified atom stereocenters. The Morgan fingerprint density at radius 3 is 2.52 bits per heavy atom. The number of halogens is 1. The third-order valence-electron chi connectivity index (χ3n) is 3.48. The van der Waals surface area contributed by atoms with Gasteiger partial charge in [-0.2, -0.15) is 0 Å². The summed E-state index contributed by atoms with van der Waals surface area (Å²) in [6, 6.07) is 10.2. The minimum Gasteiger partial charge on any atom is -0.399 e. The first-order chi connectivity index (χ1) is 9.88. The molecule has 2 aromatic carbocycles. The van der Waals surface area contributed by atoms with E-state index in [1.54, 1.807) is 7.05 Å². The van der Waals surface area contributed by atoms with Crippen LogP contribution in [0.5, 0.6) is 0 Å². The zero-order valence-corrected chi connectivity index (χ0v) is 12.5. The molecule has 0 saturated heterocycles. The van der Waals surface area contributed by atoms with Crippen LogP contribution in [0.4, 0.5) is 10.1 Å².